The van der Waals surface area contributed by atoms with Crippen molar-refractivity contribution in [3.63, 3.8) is 0 Å². The highest BCUT2D eigenvalue weighted by atomic mass is 32.2. The summed E-state index contributed by atoms with van der Waals surface area (Å²) < 4.78 is 40.2. The Morgan fingerprint density at radius 3 is 2.12 bits per heavy atom. The van der Waals surface area contributed by atoms with Crippen molar-refractivity contribution >= 4 is 27.5 Å². The van der Waals surface area contributed by atoms with E-state index in [-0.39, 0.29) is 23.0 Å². The molecule has 0 aliphatic carbocycles. The molecule has 4 rings (SSSR count). The summed E-state index contributed by atoms with van der Waals surface area (Å²) in [7, 11) is -4.17. The molecule has 3 aromatic carbocycles. The standard InChI is InChI=1S/C30H35N3O6S/c1-22(29(35)31-30(2,3)4)32(20-23-11-7-5-8-12-23)28(34)21-33(40(36,37)25-13-9-6-10-14-25)24-15-16-26-27(19-24)39-18-17-38-26/h5-16,19,22H,17-18,20-21H2,1-4H3,(H,31,35). The van der Waals surface area contributed by atoms with Gasteiger partial charge in [-0.05, 0) is 57.5 Å². The number of rotatable bonds is 9. The average Bonchev–Trinajstić information content (AvgIpc) is 2.94. The summed E-state index contributed by atoms with van der Waals surface area (Å²) >= 11 is 0. The fourth-order valence-electron chi connectivity index (χ4n) is 4.27. The van der Waals surface area contributed by atoms with E-state index < -0.39 is 34.1 Å². The molecule has 1 unspecified atom stereocenters. The third-order valence-corrected chi connectivity index (χ3v) is 8.07. The quantitative estimate of drug-likeness (QED) is 0.421. The molecule has 0 radical (unpaired) electrons. The molecule has 1 aliphatic rings. The van der Waals surface area contributed by atoms with Crippen LogP contribution in [0.5, 0.6) is 11.5 Å². The number of benzene rings is 3. The van der Waals surface area contributed by atoms with Crippen LogP contribution in [-0.4, -0.2) is 56.5 Å². The zero-order valence-electron chi connectivity index (χ0n) is 23.2. The lowest BCUT2D eigenvalue weighted by molar-refractivity contribution is -0.140. The highest BCUT2D eigenvalue weighted by molar-refractivity contribution is 7.92. The molecule has 1 aliphatic heterocycles. The van der Waals surface area contributed by atoms with Gasteiger partial charge in [-0.15, -0.1) is 0 Å². The Morgan fingerprint density at radius 2 is 1.50 bits per heavy atom. The van der Waals surface area contributed by atoms with Crippen molar-refractivity contribution in [3.05, 3.63) is 84.4 Å². The van der Waals surface area contributed by atoms with E-state index in [1.54, 1.807) is 43.3 Å². The SMILES string of the molecule is CC(C(=O)NC(C)(C)C)N(Cc1ccccc1)C(=O)CN(c1ccc2c(c1)OCCO2)S(=O)(=O)c1ccccc1. The van der Waals surface area contributed by atoms with Gasteiger partial charge in [0.05, 0.1) is 10.6 Å². The van der Waals surface area contributed by atoms with Crippen LogP contribution < -0.4 is 19.1 Å². The second-order valence-corrected chi connectivity index (χ2v) is 12.4. The third kappa shape index (κ3) is 6.93. The van der Waals surface area contributed by atoms with Crippen molar-refractivity contribution in [2.45, 2.75) is 50.7 Å². The normalized spacial score (nSPS) is 13.7. The molecular formula is C30H35N3O6S. The summed E-state index contributed by atoms with van der Waals surface area (Å²) in [6.45, 7) is 7.52. The predicted molar refractivity (Wildman–Crippen MR) is 153 cm³/mol. The molecule has 0 aromatic heterocycles. The van der Waals surface area contributed by atoms with Crippen LogP contribution in [-0.2, 0) is 26.2 Å². The molecule has 1 N–H and O–H groups in total. The lowest BCUT2D eigenvalue weighted by Gasteiger charge is -2.33. The summed E-state index contributed by atoms with van der Waals surface area (Å²) in [5, 5.41) is 2.92. The number of sulfonamides is 1. The molecule has 0 saturated heterocycles. The van der Waals surface area contributed by atoms with Crippen molar-refractivity contribution in [2.24, 2.45) is 0 Å². The van der Waals surface area contributed by atoms with Crippen molar-refractivity contribution in [3.8, 4) is 11.5 Å². The predicted octanol–water partition coefficient (Wildman–Crippen LogP) is 3.99. The number of carbonyl (C=O) groups is 2. The topological polar surface area (TPSA) is 105 Å². The molecule has 40 heavy (non-hydrogen) atoms. The molecule has 1 heterocycles. The molecular weight excluding hydrogens is 530 g/mol. The van der Waals surface area contributed by atoms with E-state index >= 15 is 0 Å². The molecule has 0 saturated carbocycles. The van der Waals surface area contributed by atoms with E-state index in [4.69, 9.17) is 9.47 Å². The van der Waals surface area contributed by atoms with E-state index in [0.29, 0.717) is 24.7 Å². The number of nitrogens with one attached hydrogen (secondary N) is 1. The van der Waals surface area contributed by atoms with Gasteiger partial charge < -0.3 is 19.7 Å². The summed E-state index contributed by atoms with van der Waals surface area (Å²) in [4.78, 5) is 28.6. The van der Waals surface area contributed by atoms with Gasteiger partial charge in [0.1, 0.15) is 25.8 Å². The van der Waals surface area contributed by atoms with Gasteiger partial charge in [-0.1, -0.05) is 48.5 Å². The number of amides is 2. The van der Waals surface area contributed by atoms with Crippen molar-refractivity contribution in [2.75, 3.05) is 24.1 Å². The molecule has 1 atom stereocenters. The van der Waals surface area contributed by atoms with Gasteiger partial charge in [-0.3, -0.25) is 13.9 Å². The molecule has 212 valence electrons. The number of hydrogen-bond donors (Lipinski definition) is 1. The monoisotopic (exact) mass is 565 g/mol. The van der Waals surface area contributed by atoms with Crippen LogP contribution in [0.2, 0.25) is 0 Å². The highest BCUT2D eigenvalue weighted by Gasteiger charge is 2.34. The largest absolute Gasteiger partial charge is 0.486 e. The second-order valence-electron chi connectivity index (χ2n) is 10.6. The number of fused-ring (bicyclic) bond motifs is 1. The van der Waals surface area contributed by atoms with Gasteiger partial charge in [-0.25, -0.2) is 8.42 Å². The molecule has 0 fully saturated rings. The van der Waals surface area contributed by atoms with Crippen LogP contribution in [0.1, 0.15) is 33.3 Å². The van der Waals surface area contributed by atoms with Crippen LogP contribution >= 0.6 is 0 Å². The number of ether oxygens (including phenoxy) is 2. The third-order valence-electron chi connectivity index (χ3n) is 6.29. The van der Waals surface area contributed by atoms with E-state index in [1.807, 2.05) is 51.1 Å². The molecule has 10 heteroatoms. The molecule has 9 nitrogen and oxygen atoms in total. The Balaban J connectivity index is 1.73. The summed E-state index contributed by atoms with van der Waals surface area (Å²) in [5.74, 6) is 0.0171. The molecule has 3 aromatic rings. The summed E-state index contributed by atoms with van der Waals surface area (Å²) in [6.07, 6.45) is 0. The Hall–Kier alpha value is -4.05. The first kappa shape index (κ1) is 28.9. The second kappa shape index (κ2) is 12.0. The number of anilines is 1. The highest BCUT2D eigenvalue weighted by Crippen LogP contribution is 2.36. The maximum Gasteiger partial charge on any atom is 0.264 e. The zero-order valence-corrected chi connectivity index (χ0v) is 24.0. The van der Waals surface area contributed by atoms with E-state index in [9.17, 15) is 18.0 Å². The first-order valence-corrected chi connectivity index (χ1v) is 14.5. The van der Waals surface area contributed by atoms with Gasteiger partial charge in [0, 0.05) is 18.2 Å². The van der Waals surface area contributed by atoms with Gasteiger partial charge >= 0.3 is 0 Å². The number of hydrogen-bond acceptors (Lipinski definition) is 6. The van der Waals surface area contributed by atoms with Crippen molar-refractivity contribution < 1.29 is 27.5 Å². The molecule has 0 spiro atoms. The number of nitrogens with zero attached hydrogens (tertiary/aromatic N) is 2. The average molecular weight is 566 g/mol. The minimum absolute atomic E-state index is 0.0332. The smallest absolute Gasteiger partial charge is 0.264 e. The summed E-state index contributed by atoms with van der Waals surface area (Å²) in [6, 6.07) is 21.1. The minimum Gasteiger partial charge on any atom is -0.486 e. The fourth-order valence-corrected chi connectivity index (χ4v) is 5.70. The molecule has 2 amide bonds. The fraction of sp³-hybridized carbons (Fsp3) is 0.333. The van der Waals surface area contributed by atoms with Gasteiger partial charge in [0.25, 0.3) is 10.0 Å². The van der Waals surface area contributed by atoms with Crippen LogP contribution in [0, 0.1) is 0 Å². The van der Waals surface area contributed by atoms with Crippen LogP contribution in [0.15, 0.2) is 83.8 Å². The van der Waals surface area contributed by atoms with Gasteiger partial charge in [0.15, 0.2) is 11.5 Å². The van der Waals surface area contributed by atoms with E-state index in [0.717, 1.165) is 9.87 Å². The van der Waals surface area contributed by atoms with E-state index in [2.05, 4.69) is 5.32 Å². The van der Waals surface area contributed by atoms with Crippen LogP contribution in [0.25, 0.3) is 0 Å². The Morgan fingerprint density at radius 1 is 0.900 bits per heavy atom. The maximum atomic E-state index is 14.0. The van der Waals surface area contributed by atoms with E-state index in [1.165, 1.54) is 17.0 Å². The minimum atomic E-state index is -4.17. The number of carbonyl (C=O) groups excluding carboxylic acids is 2. The lowest BCUT2D eigenvalue weighted by atomic mass is 10.1. The Kier molecular flexibility index (Phi) is 8.68. The molecule has 0 bridgehead atoms. The van der Waals surface area contributed by atoms with Crippen molar-refractivity contribution in [1.29, 1.82) is 0 Å². The maximum absolute atomic E-state index is 14.0. The summed E-state index contributed by atoms with van der Waals surface area (Å²) in [5.41, 5.74) is 0.539. The first-order chi connectivity index (χ1) is 19.0. The first-order valence-electron chi connectivity index (χ1n) is 13.1. The van der Waals surface area contributed by atoms with Crippen LogP contribution in [0.3, 0.4) is 0 Å². The zero-order chi connectivity index (χ0) is 28.9. The Labute approximate surface area is 235 Å². The van der Waals surface area contributed by atoms with Gasteiger partial charge in [-0.2, -0.15) is 0 Å². The van der Waals surface area contributed by atoms with Crippen LogP contribution in [0.4, 0.5) is 5.69 Å². The lowest BCUT2D eigenvalue weighted by Crippen LogP contribution is -2.54. The Bertz CT molecular complexity index is 1440. The van der Waals surface area contributed by atoms with Gasteiger partial charge in [0.2, 0.25) is 11.8 Å². The van der Waals surface area contributed by atoms with Crippen molar-refractivity contribution in [1.82, 2.24) is 10.2 Å².